The summed E-state index contributed by atoms with van der Waals surface area (Å²) in [5.74, 6) is 1.09. The van der Waals surface area contributed by atoms with Gasteiger partial charge in [-0.05, 0) is 36.4 Å². The molecular weight excluding hydrogens is 384 g/mol. The molecule has 2 aromatic carbocycles. The van der Waals surface area contributed by atoms with Crippen molar-refractivity contribution in [3.63, 3.8) is 0 Å². The Kier molecular flexibility index (Phi) is 5.87. The van der Waals surface area contributed by atoms with Crippen LogP contribution in [0.4, 0.5) is 0 Å². The summed E-state index contributed by atoms with van der Waals surface area (Å²) >= 11 is 0. The van der Waals surface area contributed by atoms with Gasteiger partial charge in [0.1, 0.15) is 6.61 Å². The molecule has 9 heteroatoms. The van der Waals surface area contributed by atoms with Gasteiger partial charge in [0, 0.05) is 19.7 Å². The van der Waals surface area contributed by atoms with Crippen LogP contribution >= 0.6 is 0 Å². The number of likely N-dealkylation sites (N-methyl/N-ethyl adjacent to an activating group) is 1. The zero-order valence-corrected chi connectivity index (χ0v) is 16.7. The van der Waals surface area contributed by atoms with Crippen LogP contribution in [0.25, 0.3) is 0 Å². The van der Waals surface area contributed by atoms with E-state index in [1.807, 2.05) is 24.3 Å². The molecule has 8 nitrogen and oxygen atoms in total. The quantitative estimate of drug-likeness (QED) is 0.680. The summed E-state index contributed by atoms with van der Waals surface area (Å²) in [4.78, 5) is 19.0. The molecule has 0 aliphatic carbocycles. The number of rotatable bonds is 6. The molecule has 0 fully saturated rings. The molecule has 0 saturated heterocycles. The number of benzene rings is 2. The number of hydrogen-bond acceptors (Lipinski definition) is 6. The van der Waals surface area contributed by atoms with E-state index in [0.717, 1.165) is 4.47 Å². The Labute approximate surface area is 164 Å². The summed E-state index contributed by atoms with van der Waals surface area (Å²) in [5.41, 5.74) is 0.374. The van der Waals surface area contributed by atoms with Gasteiger partial charge in [-0.25, -0.2) is 8.42 Å². The van der Waals surface area contributed by atoms with Crippen molar-refractivity contribution in [1.29, 1.82) is 0 Å². The Morgan fingerprint density at radius 1 is 1.11 bits per heavy atom. The van der Waals surface area contributed by atoms with E-state index in [4.69, 9.17) is 14.3 Å². The molecule has 1 aliphatic heterocycles. The van der Waals surface area contributed by atoms with Crippen LogP contribution in [-0.4, -0.2) is 64.2 Å². The Balaban J connectivity index is 1.65. The van der Waals surface area contributed by atoms with Crippen molar-refractivity contribution in [2.45, 2.75) is 11.0 Å². The fourth-order valence-electron chi connectivity index (χ4n) is 2.78. The highest BCUT2D eigenvalue weighted by molar-refractivity contribution is 7.89. The fraction of sp³-hybridized carbons (Fsp3) is 0.316. The molecule has 2 aromatic rings. The zero-order chi connectivity index (χ0) is 20.3. The smallest absolute Gasteiger partial charge is 0.264 e. The maximum Gasteiger partial charge on any atom is 0.264 e. The minimum absolute atomic E-state index is 0.0386. The average Bonchev–Trinajstić information content (AvgIpc) is 2.72. The van der Waals surface area contributed by atoms with E-state index in [2.05, 4.69) is 0 Å². The van der Waals surface area contributed by atoms with E-state index in [-0.39, 0.29) is 16.9 Å². The van der Waals surface area contributed by atoms with Gasteiger partial charge in [0.25, 0.3) is 15.9 Å². The van der Waals surface area contributed by atoms with E-state index in [1.165, 1.54) is 43.3 Å². The van der Waals surface area contributed by atoms with Crippen LogP contribution in [0.1, 0.15) is 10.4 Å². The topological polar surface area (TPSA) is 85.4 Å². The third-order valence-corrected chi connectivity index (χ3v) is 6.08. The normalized spacial score (nSPS) is 16.1. The number of carbonyl (C=O) groups excluding carboxylic acids is 1. The highest BCUT2D eigenvalue weighted by Gasteiger charge is 2.25. The standard InChI is InChI=1S/C19H22N2O6S/c1-20(12-15-13-26-17-6-4-5-7-18(17)27-15)19(22)14-8-10-16(11-9-14)28(23,24)21(2)25-3/h4-11,15H,12-13H2,1-3H3. The maximum absolute atomic E-state index is 12.7. The van der Waals surface area contributed by atoms with Crippen molar-refractivity contribution in [2.75, 3.05) is 34.4 Å². The summed E-state index contributed by atoms with van der Waals surface area (Å²) in [5, 5.41) is 0. The van der Waals surface area contributed by atoms with Gasteiger partial charge in [0.05, 0.1) is 18.6 Å². The second-order valence-corrected chi connectivity index (χ2v) is 8.24. The molecule has 1 unspecified atom stereocenters. The molecule has 0 radical (unpaired) electrons. The van der Waals surface area contributed by atoms with Crippen LogP contribution in [-0.2, 0) is 14.9 Å². The largest absolute Gasteiger partial charge is 0.486 e. The number of nitrogens with zero attached hydrogens (tertiary/aromatic N) is 2. The van der Waals surface area contributed by atoms with E-state index in [1.54, 1.807) is 7.05 Å². The minimum Gasteiger partial charge on any atom is -0.486 e. The summed E-state index contributed by atoms with van der Waals surface area (Å²) in [6.45, 7) is 0.675. The highest BCUT2D eigenvalue weighted by atomic mass is 32.2. The van der Waals surface area contributed by atoms with Crippen LogP contribution in [0.15, 0.2) is 53.4 Å². The number of carbonyl (C=O) groups is 1. The van der Waals surface area contributed by atoms with Crippen molar-refractivity contribution in [3.05, 3.63) is 54.1 Å². The monoisotopic (exact) mass is 406 g/mol. The number of hydrogen-bond donors (Lipinski definition) is 0. The molecule has 0 saturated carbocycles. The lowest BCUT2D eigenvalue weighted by Crippen LogP contribution is -2.41. The molecule has 150 valence electrons. The van der Waals surface area contributed by atoms with Gasteiger partial charge in [-0.1, -0.05) is 16.6 Å². The van der Waals surface area contributed by atoms with Crippen LogP contribution in [0.2, 0.25) is 0 Å². The Hall–Kier alpha value is -2.62. The Morgan fingerprint density at radius 2 is 1.75 bits per heavy atom. The first-order valence-electron chi connectivity index (χ1n) is 8.60. The molecule has 1 aliphatic rings. The lowest BCUT2D eigenvalue weighted by atomic mass is 10.2. The molecular formula is C19H22N2O6S. The van der Waals surface area contributed by atoms with Crippen LogP contribution < -0.4 is 9.47 Å². The number of ether oxygens (including phenoxy) is 2. The first-order chi connectivity index (χ1) is 13.3. The molecule has 1 amide bonds. The second kappa shape index (κ2) is 8.17. The van der Waals surface area contributed by atoms with Crippen LogP contribution in [0.3, 0.4) is 0 Å². The predicted octanol–water partition coefficient (Wildman–Crippen LogP) is 1.78. The third kappa shape index (κ3) is 4.11. The van der Waals surface area contributed by atoms with Gasteiger partial charge in [0.15, 0.2) is 17.6 Å². The number of para-hydroxylation sites is 2. The Bertz CT molecular complexity index is 945. The zero-order valence-electron chi connectivity index (χ0n) is 15.9. The second-order valence-electron chi connectivity index (χ2n) is 6.30. The van der Waals surface area contributed by atoms with Crippen LogP contribution in [0, 0.1) is 0 Å². The number of fused-ring (bicyclic) bond motifs is 1. The van der Waals surface area contributed by atoms with Gasteiger partial charge in [-0.2, -0.15) is 0 Å². The molecule has 0 spiro atoms. The van der Waals surface area contributed by atoms with Gasteiger partial charge < -0.3 is 14.4 Å². The minimum atomic E-state index is -3.75. The first-order valence-corrected chi connectivity index (χ1v) is 10.0. The van der Waals surface area contributed by atoms with Gasteiger partial charge >= 0.3 is 0 Å². The lowest BCUT2D eigenvalue weighted by molar-refractivity contribution is -0.0258. The lowest BCUT2D eigenvalue weighted by Gasteiger charge is -2.29. The van der Waals surface area contributed by atoms with Gasteiger partial charge in [-0.3, -0.25) is 9.63 Å². The fourth-order valence-corrected chi connectivity index (χ4v) is 3.75. The van der Waals surface area contributed by atoms with E-state index < -0.39 is 10.0 Å². The van der Waals surface area contributed by atoms with Gasteiger partial charge in [-0.15, -0.1) is 0 Å². The Morgan fingerprint density at radius 3 is 2.39 bits per heavy atom. The van der Waals surface area contributed by atoms with Crippen molar-refractivity contribution in [2.24, 2.45) is 0 Å². The van der Waals surface area contributed by atoms with Crippen molar-refractivity contribution in [1.82, 2.24) is 9.37 Å². The van der Waals surface area contributed by atoms with Gasteiger partial charge in [0.2, 0.25) is 0 Å². The third-order valence-electron chi connectivity index (χ3n) is 4.39. The number of amides is 1. The molecule has 0 aromatic heterocycles. The van der Waals surface area contributed by atoms with Crippen molar-refractivity contribution >= 4 is 15.9 Å². The van der Waals surface area contributed by atoms with E-state index in [0.29, 0.717) is 30.2 Å². The number of sulfonamides is 1. The van der Waals surface area contributed by atoms with E-state index in [9.17, 15) is 13.2 Å². The van der Waals surface area contributed by atoms with E-state index >= 15 is 0 Å². The highest BCUT2D eigenvalue weighted by Crippen LogP contribution is 2.31. The summed E-state index contributed by atoms with van der Waals surface area (Å²) in [6.07, 6.45) is -0.293. The molecule has 1 atom stereocenters. The molecule has 0 N–H and O–H groups in total. The molecule has 1 heterocycles. The predicted molar refractivity (Wildman–Crippen MR) is 102 cm³/mol. The maximum atomic E-state index is 12.7. The molecule has 0 bridgehead atoms. The first kappa shape index (κ1) is 20.1. The van der Waals surface area contributed by atoms with Crippen molar-refractivity contribution in [3.8, 4) is 11.5 Å². The molecule has 28 heavy (non-hydrogen) atoms. The number of hydroxylamine groups is 1. The summed E-state index contributed by atoms with van der Waals surface area (Å²) < 4.78 is 36.7. The van der Waals surface area contributed by atoms with Crippen molar-refractivity contribution < 1.29 is 27.5 Å². The SMILES string of the molecule is CON(C)S(=O)(=O)c1ccc(C(=O)N(C)CC2COc3ccccc3O2)cc1. The molecule has 3 rings (SSSR count). The van der Waals surface area contributed by atoms with Crippen LogP contribution in [0.5, 0.6) is 11.5 Å². The summed E-state index contributed by atoms with van der Waals surface area (Å²) in [6, 6.07) is 13.1. The average molecular weight is 406 g/mol. The summed E-state index contributed by atoms with van der Waals surface area (Å²) in [7, 11) is 0.471.